The van der Waals surface area contributed by atoms with Crippen LogP contribution < -0.4 is 26.2 Å². The van der Waals surface area contributed by atoms with Crippen molar-refractivity contribution < 1.29 is 14.3 Å². The van der Waals surface area contributed by atoms with Gasteiger partial charge in [-0.2, -0.15) is 0 Å². The van der Waals surface area contributed by atoms with Crippen molar-refractivity contribution in [2.75, 3.05) is 10.6 Å². The Morgan fingerprint density at radius 1 is 1.19 bits per heavy atom. The maximum atomic E-state index is 12.0. The SMILES string of the molecule is O=C(C[C@@H]1Oc2ccccc2NC1=O)NNC(=S)Nc1cccc(Cl)c1. The van der Waals surface area contributed by atoms with E-state index in [1.807, 2.05) is 0 Å². The number of anilines is 2. The first-order chi connectivity index (χ1) is 12.5. The van der Waals surface area contributed by atoms with E-state index in [2.05, 4.69) is 21.5 Å². The minimum atomic E-state index is -0.916. The van der Waals surface area contributed by atoms with E-state index < -0.39 is 12.0 Å². The number of nitrogens with one attached hydrogen (secondary N) is 4. The third-order valence-electron chi connectivity index (χ3n) is 3.48. The van der Waals surface area contributed by atoms with Gasteiger partial charge in [0, 0.05) is 10.7 Å². The molecule has 0 radical (unpaired) electrons. The van der Waals surface area contributed by atoms with Crippen molar-refractivity contribution >= 4 is 52.1 Å². The number of ether oxygens (including phenoxy) is 1. The van der Waals surface area contributed by atoms with Crippen LogP contribution in [-0.2, 0) is 9.59 Å². The molecular weight excluding hydrogens is 376 g/mol. The summed E-state index contributed by atoms with van der Waals surface area (Å²) in [6, 6.07) is 14.0. The van der Waals surface area contributed by atoms with E-state index in [0.717, 1.165) is 0 Å². The molecule has 0 bridgehead atoms. The van der Waals surface area contributed by atoms with Gasteiger partial charge in [-0.25, -0.2) is 0 Å². The average molecular weight is 391 g/mol. The van der Waals surface area contributed by atoms with E-state index in [9.17, 15) is 9.59 Å². The van der Waals surface area contributed by atoms with Crippen molar-refractivity contribution in [2.24, 2.45) is 0 Å². The van der Waals surface area contributed by atoms with Gasteiger partial charge in [0.05, 0.1) is 12.1 Å². The summed E-state index contributed by atoms with van der Waals surface area (Å²) in [5.74, 6) is -0.297. The molecule has 0 spiro atoms. The standard InChI is InChI=1S/C17H15ClN4O3S/c18-10-4-3-5-11(8-10)19-17(26)22-21-15(23)9-14-16(24)20-12-6-1-2-7-13(12)25-14/h1-8,14H,9H2,(H,20,24)(H,21,23)(H2,19,22,26)/t14-/m0/s1. The molecule has 0 unspecified atom stereocenters. The Kier molecular flexibility index (Phi) is 5.55. The van der Waals surface area contributed by atoms with Gasteiger partial charge in [-0.05, 0) is 42.5 Å². The van der Waals surface area contributed by atoms with E-state index in [4.69, 9.17) is 28.6 Å². The highest BCUT2D eigenvalue weighted by molar-refractivity contribution is 7.80. The van der Waals surface area contributed by atoms with Gasteiger partial charge >= 0.3 is 0 Å². The number of amides is 2. The summed E-state index contributed by atoms with van der Waals surface area (Å²) in [6.07, 6.45) is -1.08. The number of hydrogen-bond donors (Lipinski definition) is 4. The van der Waals surface area contributed by atoms with Gasteiger partial charge in [0.15, 0.2) is 11.2 Å². The van der Waals surface area contributed by atoms with Crippen LogP contribution in [0.4, 0.5) is 11.4 Å². The molecule has 9 heteroatoms. The molecule has 1 atom stereocenters. The third-order valence-corrected chi connectivity index (χ3v) is 3.91. The van der Waals surface area contributed by atoms with Crippen LogP contribution in [0.2, 0.25) is 5.02 Å². The quantitative estimate of drug-likeness (QED) is 0.475. The molecule has 134 valence electrons. The first-order valence-corrected chi connectivity index (χ1v) is 8.48. The zero-order chi connectivity index (χ0) is 18.5. The topological polar surface area (TPSA) is 91.5 Å². The summed E-state index contributed by atoms with van der Waals surface area (Å²) in [5.41, 5.74) is 6.25. The molecule has 7 nitrogen and oxygen atoms in total. The number of carbonyl (C=O) groups is 2. The predicted octanol–water partition coefficient (Wildman–Crippen LogP) is 2.45. The second kappa shape index (κ2) is 8.03. The molecule has 0 saturated heterocycles. The van der Waals surface area contributed by atoms with E-state index >= 15 is 0 Å². The lowest BCUT2D eigenvalue weighted by Crippen LogP contribution is -2.47. The Bertz CT molecular complexity index is 861. The summed E-state index contributed by atoms with van der Waals surface area (Å²) in [5, 5.41) is 6.32. The predicted molar refractivity (Wildman–Crippen MR) is 103 cm³/mol. The summed E-state index contributed by atoms with van der Waals surface area (Å²) >= 11 is 11.0. The highest BCUT2D eigenvalue weighted by Crippen LogP contribution is 2.29. The molecule has 26 heavy (non-hydrogen) atoms. The van der Waals surface area contributed by atoms with Gasteiger partial charge in [-0.15, -0.1) is 0 Å². The summed E-state index contributed by atoms with van der Waals surface area (Å²) < 4.78 is 5.57. The monoisotopic (exact) mass is 390 g/mol. The smallest absolute Gasteiger partial charge is 0.266 e. The Labute approximate surface area is 160 Å². The lowest BCUT2D eigenvalue weighted by Gasteiger charge is -2.25. The van der Waals surface area contributed by atoms with Crippen LogP contribution in [0.5, 0.6) is 5.75 Å². The average Bonchev–Trinajstić information content (AvgIpc) is 2.61. The minimum absolute atomic E-state index is 0.160. The molecule has 0 aliphatic carbocycles. The molecule has 2 amide bonds. The van der Waals surface area contributed by atoms with Crippen LogP contribution in [0.3, 0.4) is 0 Å². The van der Waals surface area contributed by atoms with Crippen molar-refractivity contribution in [1.82, 2.24) is 10.9 Å². The van der Waals surface area contributed by atoms with Gasteiger partial charge in [-0.3, -0.25) is 20.4 Å². The molecule has 2 aromatic carbocycles. The number of para-hydroxylation sites is 2. The molecule has 1 heterocycles. The third kappa shape index (κ3) is 4.62. The van der Waals surface area contributed by atoms with Crippen LogP contribution in [-0.4, -0.2) is 23.0 Å². The number of benzene rings is 2. The van der Waals surface area contributed by atoms with Gasteiger partial charge in [-0.1, -0.05) is 29.8 Å². The van der Waals surface area contributed by atoms with E-state index in [0.29, 0.717) is 22.1 Å². The number of fused-ring (bicyclic) bond motifs is 1. The van der Waals surface area contributed by atoms with Crippen molar-refractivity contribution in [1.29, 1.82) is 0 Å². The first-order valence-electron chi connectivity index (χ1n) is 7.69. The number of hydrogen-bond acceptors (Lipinski definition) is 4. The van der Waals surface area contributed by atoms with Crippen molar-refractivity contribution in [2.45, 2.75) is 12.5 Å². The fourth-order valence-electron chi connectivity index (χ4n) is 2.30. The summed E-state index contributed by atoms with van der Waals surface area (Å²) in [4.78, 5) is 24.1. The van der Waals surface area contributed by atoms with Crippen molar-refractivity contribution in [3.8, 4) is 5.75 Å². The maximum absolute atomic E-state index is 12.0. The maximum Gasteiger partial charge on any atom is 0.266 e. The van der Waals surface area contributed by atoms with Crippen LogP contribution in [0.25, 0.3) is 0 Å². The number of rotatable bonds is 3. The first kappa shape index (κ1) is 18.0. The number of halogens is 1. The van der Waals surface area contributed by atoms with E-state index in [1.54, 1.807) is 48.5 Å². The fraction of sp³-hybridized carbons (Fsp3) is 0.118. The number of carbonyl (C=O) groups excluding carboxylic acids is 2. The molecule has 3 rings (SSSR count). The Hall–Kier alpha value is -2.84. The zero-order valence-corrected chi connectivity index (χ0v) is 15.0. The second-order valence-electron chi connectivity index (χ2n) is 5.43. The Morgan fingerprint density at radius 3 is 2.81 bits per heavy atom. The van der Waals surface area contributed by atoms with Crippen LogP contribution in [0.1, 0.15) is 6.42 Å². The zero-order valence-electron chi connectivity index (χ0n) is 13.4. The van der Waals surface area contributed by atoms with Crippen molar-refractivity contribution in [3.05, 3.63) is 53.6 Å². The molecule has 0 fully saturated rings. The molecule has 2 aromatic rings. The second-order valence-corrected chi connectivity index (χ2v) is 6.28. The van der Waals surface area contributed by atoms with Crippen LogP contribution in [0, 0.1) is 0 Å². The number of hydrazine groups is 1. The largest absolute Gasteiger partial charge is 0.478 e. The minimum Gasteiger partial charge on any atom is -0.478 e. The molecule has 0 aromatic heterocycles. The molecule has 1 aliphatic heterocycles. The lowest BCUT2D eigenvalue weighted by atomic mass is 10.1. The lowest BCUT2D eigenvalue weighted by molar-refractivity contribution is -0.130. The highest BCUT2D eigenvalue weighted by Gasteiger charge is 2.29. The summed E-state index contributed by atoms with van der Waals surface area (Å²) in [6.45, 7) is 0. The van der Waals surface area contributed by atoms with Crippen molar-refractivity contribution in [3.63, 3.8) is 0 Å². The Balaban J connectivity index is 1.48. The van der Waals surface area contributed by atoms with Gasteiger partial charge in [0.25, 0.3) is 5.91 Å². The molecule has 0 saturated carbocycles. The van der Waals surface area contributed by atoms with Gasteiger partial charge < -0.3 is 15.4 Å². The molecule has 4 N–H and O–H groups in total. The van der Waals surface area contributed by atoms with E-state index in [-0.39, 0.29) is 17.4 Å². The van der Waals surface area contributed by atoms with Gasteiger partial charge in [0.2, 0.25) is 5.91 Å². The van der Waals surface area contributed by atoms with Crippen LogP contribution in [0.15, 0.2) is 48.5 Å². The van der Waals surface area contributed by atoms with Gasteiger partial charge in [0.1, 0.15) is 5.75 Å². The highest BCUT2D eigenvalue weighted by atomic mass is 35.5. The molecule has 1 aliphatic rings. The summed E-state index contributed by atoms with van der Waals surface area (Å²) in [7, 11) is 0. The van der Waals surface area contributed by atoms with E-state index in [1.165, 1.54) is 0 Å². The number of thiocarbonyl (C=S) groups is 1. The van der Waals surface area contributed by atoms with Crippen LogP contribution >= 0.6 is 23.8 Å². The Morgan fingerprint density at radius 2 is 2.00 bits per heavy atom. The molecular formula is C17H15ClN4O3S. The fourth-order valence-corrected chi connectivity index (χ4v) is 2.66. The normalized spacial score (nSPS) is 15.1.